The zero-order valence-electron chi connectivity index (χ0n) is 53.8. The lowest BCUT2D eigenvalue weighted by Crippen LogP contribution is -2.08. The van der Waals surface area contributed by atoms with Crippen LogP contribution in [0.4, 0.5) is 91.0 Å². The Labute approximate surface area is 633 Å². The van der Waals surface area contributed by atoms with Crippen molar-refractivity contribution in [1.82, 2.24) is 39.9 Å². The van der Waals surface area contributed by atoms with E-state index < -0.39 is 0 Å². The molecule has 16 nitrogen and oxygen atoms in total. The number of nitrogens with zero attached hydrogens (tertiary/aromatic N) is 6. The van der Waals surface area contributed by atoms with E-state index in [1.54, 1.807) is 0 Å². The molecule has 0 atom stereocenters. The van der Waals surface area contributed by atoms with Crippen molar-refractivity contribution in [2.75, 3.05) is 42.5 Å². The fourth-order valence-corrected chi connectivity index (χ4v) is 14.9. The van der Waals surface area contributed by atoms with Gasteiger partial charge in [0, 0.05) is 45.5 Å². The third-order valence-corrected chi connectivity index (χ3v) is 21.1. The molecule has 0 unspecified atom stereocenters. The molecular formula is C80H50Cl8N16. The molecule has 506 valence electrons. The molecule has 10 N–H and O–H groups in total. The maximum Gasteiger partial charge on any atom is 0.167 e. The first-order valence-electron chi connectivity index (χ1n) is 32.5. The molecule has 5 heterocycles. The van der Waals surface area contributed by atoms with Crippen molar-refractivity contribution in [3.63, 3.8) is 0 Å². The van der Waals surface area contributed by atoms with Crippen molar-refractivity contribution >= 4 is 228 Å². The SMILES string of the molecule is Clc1c(Cl)c(Cl)c2c(c1Cl)-c1nc-2nc2[nH]c(nc3nc(nc4[nH]c(n1)c1c(Cl)c(Cl)c(Cl)c(Cl)c41)-c1c(Nc4ccccc4)c(Nc4ccccc4)c(Nc4ccccc4)c(Nc4ccccc4)c1-3)c1c(Nc3ccccc3)c(Nc3ccccc3)c(Nc3ccccc3)c(Nc3ccccc3)c21. The number of hydrogen-bond donors (Lipinski definition) is 10. The molecule has 0 spiro atoms. The van der Waals surface area contributed by atoms with Gasteiger partial charge < -0.3 is 52.5 Å². The number of aromatic amines is 2. The van der Waals surface area contributed by atoms with E-state index in [1.807, 2.05) is 243 Å². The molecule has 0 saturated carbocycles. The summed E-state index contributed by atoms with van der Waals surface area (Å²) in [6.07, 6.45) is 0. The minimum Gasteiger partial charge on any atom is -0.353 e. The predicted octanol–water partition coefficient (Wildman–Crippen LogP) is 26.0. The topological polar surface area (TPSA) is 205 Å². The van der Waals surface area contributed by atoms with Crippen molar-refractivity contribution in [3.05, 3.63) is 283 Å². The van der Waals surface area contributed by atoms with Gasteiger partial charge in [-0.1, -0.05) is 238 Å². The van der Waals surface area contributed by atoms with E-state index in [0.29, 0.717) is 67.4 Å². The van der Waals surface area contributed by atoms with E-state index in [0.717, 1.165) is 45.5 Å². The van der Waals surface area contributed by atoms with E-state index in [1.165, 1.54) is 0 Å². The van der Waals surface area contributed by atoms with Crippen LogP contribution in [0.1, 0.15) is 0 Å². The number of hydrogen-bond acceptors (Lipinski definition) is 14. The van der Waals surface area contributed by atoms with Crippen LogP contribution in [0.3, 0.4) is 0 Å². The molecule has 0 fully saturated rings. The number of anilines is 16. The third kappa shape index (κ3) is 12.2. The van der Waals surface area contributed by atoms with Gasteiger partial charge in [-0.3, -0.25) is 0 Å². The van der Waals surface area contributed by atoms with Crippen LogP contribution < -0.4 is 42.5 Å². The van der Waals surface area contributed by atoms with Crippen molar-refractivity contribution in [2.45, 2.75) is 0 Å². The summed E-state index contributed by atoms with van der Waals surface area (Å²) >= 11 is 58.1. The number of H-pyrrole nitrogens is 2. The Morgan fingerprint density at radius 3 is 0.625 bits per heavy atom. The molecule has 2 aliphatic heterocycles. The molecule has 3 aromatic heterocycles. The van der Waals surface area contributed by atoms with E-state index >= 15 is 0 Å². The molecule has 104 heavy (non-hydrogen) atoms. The summed E-state index contributed by atoms with van der Waals surface area (Å²) in [5.74, 6) is 0.289. The monoisotopic (exact) mass is 1510 g/mol. The van der Waals surface area contributed by atoms with Crippen LogP contribution >= 0.6 is 92.8 Å². The second-order valence-corrected chi connectivity index (χ2v) is 27.1. The molecule has 8 bridgehead atoms. The first-order chi connectivity index (χ1) is 50.9. The van der Waals surface area contributed by atoms with Crippen LogP contribution in [0.5, 0.6) is 0 Å². The highest BCUT2D eigenvalue weighted by Crippen LogP contribution is 2.59. The van der Waals surface area contributed by atoms with Crippen LogP contribution in [-0.2, 0) is 0 Å². The van der Waals surface area contributed by atoms with Gasteiger partial charge >= 0.3 is 0 Å². The van der Waals surface area contributed by atoms with Crippen molar-refractivity contribution in [1.29, 1.82) is 0 Å². The summed E-state index contributed by atoms with van der Waals surface area (Å²) in [5, 5.41) is 32.2. The van der Waals surface area contributed by atoms with Crippen LogP contribution in [0.25, 0.3) is 89.7 Å². The second kappa shape index (κ2) is 27.8. The van der Waals surface area contributed by atoms with Gasteiger partial charge in [0.1, 0.15) is 22.6 Å². The van der Waals surface area contributed by atoms with E-state index in [-0.39, 0.29) is 108 Å². The normalized spacial score (nSPS) is 11.5. The summed E-state index contributed by atoms with van der Waals surface area (Å²) in [7, 11) is 0. The standard InChI is InChI=1S/C80H50Cl8N16/c81-57-49-51(59(83)63(87)61(57)85)75-98-73(49)97-74-50-52(60(84)64(88)62(86)58(50)82)76(99-74)101-78-54-56(68(92-44-31-15-4-16-32-44)72(96-48-39-23-8-24-40-48)70(94-46-35-19-6-20-36-46)66(54)90-42-27-11-2-12-28-42)80(103-78)104-79-55-53(77(100-75)102-79)65(89-41-25-9-1-10-26-41)69(93-45-33-17-5-18-34-45)71(95-47-37-21-7-22-38-47)67(55)91-43-29-13-3-14-30-43/h1-40,89-96H,(H2,97,98,99,100,101,102,103,104). The van der Waals surface area contributed by atoms with Crippen molar-refractivity contribution in [3.8, 4) is 45.6 Å². The summed E-state index contributed by atoms with van der Waals surface area (Å²) < 4.78 is 0. The number of rotatable bonds is 16. The number of benzene rings is 12. The van der Waals surface area contributed by atoms with Gasteiger partial charge in [0.2, 0.25) is 0 Å². The van der Waals surface area contributed by atoms with Crippen LogP contribution in [0, 0.1) is 0 Å². The second-order valence-electron chi connectivity index (χ2n) is 24.0. The molecule has 0 saturated heterocycles. The highest BCUT2D eigenvalue weighted by molar-refractivity contribution is 6.57. The van der Waals surface area contributed by atoms with Crippen LogP contribution in [0.15, 0.2) is 243 Å². The number of nitrogens with one attached hydrogen (secondary N) is 10. The Bertz CT molecular complexity index is 6070. The minimum atomic E-state index is -0.0588. The Morgan fingerprint density at radius 1 is 0.183 bits per heavy atom. The lowest BCUT2D eigenvalue weighted by molar-refractivity contribution is 1.19. The summed E-state index contributed by atoms with van der Waals surface area (Å²) in [4.78, 5) is 40.7. The number of fused-ring (bicyclic) bond motifs is 20. The van der Waals surface area contributed by atoms with E-state index in [2.05, 4.69) is 52.5 Å². The van der Waals surface area contributed by atoms with Crippen LogP contribution in [-0.4, -0.2) is 39.9 Å². The predicted molar refractivity (Wildman–Crippen MR) is 434 cm³/mol. The van der Waals surface area contributed by atoms with E-state index in [9.17, 15) is 0 Å². The maximum absolute atomic E-state index is 7.48. The molecule has 17 rings (SSSR count). The number of halogens is 8. The van der Waals surface area contributed by atoms with Gasteiger partial charge in [0.15, 0.2) is 23.3 Å². The minimum absolute atomic E-state index is 0.00237. The average Bonchev–Trinajstić information content (AvgIpc) is 1.54. The zero-order chi connectivity index (χ0) is 70.7. The molecule has 2 aliphatic rings. The molecule has 15 aromatic rings. The fourth-order valence-electron chi connectivity index (χ4n) is 12.9. The van der Waals surface area contributed by atoms with Gasteiger partial charge in [-0.15, -0.1) is 0 Å². The van der Waals surface area contributed by atoms with Gasteiger partial charge in [-0.2, -0.15) is 0 Å². The van der Waals surface area contributed by atoms with Gasteiger partial charge in [0.05, 0.1) is 129 Å². The summed E-state index contributed by atoms with van der Waals surface area (Å²) in [6.45, 7) is 0. The lowest BCUT2D eigenvalue weighted by Gasteiger charge is -2.26. The molecule has 12 aromatic carbocycles. The first kappa shape index (κ1) is 66.0. The Balaban J connectivity index is 1.14. The zero-order valence-corrected chi connectivity index (χ0v) is 59.8. The Hall–Kier alpha value is -11.3. The van der Waals surface area contributed by atoms with Crippen LogP contribution in [0.2, 0.25) is 40.2 Å². The van der Waals surface area contributed by atoms with Gasteiger partial charge in [-0.25, -0.2) is 29.9 Å². The summed E-state index contributed by atoms with van der Waals surface area (Å²) in [5.41, 5.74) is 12.3. The van der Waals surface area contributed by atoms with E-state index in [4.69, 9.17) is 123 Å². The Kier molecular flexibility index (Phi) is 17.7. The van der Waals surface area contributed by atoms with Crippen molar-refractivity contribution < 1.29 is 0 Å². The number of para-hydroxylation sites is 8. The smallest absolute Gasteiger partial charge is 0.167 e. The fraction of sp³-hybridized carbons (Fsp3) is 0. The molecular weight excluding hydrogens is 1470 g/mol. The van der Waals surface area contributed by atoms with Crippen molar-refractivity contribution in [2.24, 2.45) is 0 Å². The quantitative estimate of drug-likeness (QED) is 0.0323. The largest absolute Gasteiger partial charge is 0.353 e. The molecule has 24 heteroatoms. The maximum atomic E-state index is 7.48. The average molecular weight is 1520 g/mol. The lowest BCUT2D eigenvalue weighted by atomic mass is 9.98. The highest BCUT2D eigenvalue weighted by Gasteiger charge is 2.37. The highest BCUT2D eigenvalue weighted by atomic mass is 35.5. The Morgan fingerprint density at radius 2 is 0.375 bits per heavy atom. The summed E-state index contributed by atoms with van der Waals surface area (Å²) in [6, 6.07) is 78.9. The molecule has 0 aliphatic carbocycles. The van der Waals surface area contributed by atoms with Gasteiger partial charge in [-0.05, 0) is 97.1 Å². The van der Waals surface area contributed by atoms with Gasteiger partial charge in [0.25, 0.3) is 0 Å². The third-order valence-electron chi connectivity index (χ3n) is 17.5. The number of aromatic nitrogens is 8. The molecule has 0 radical (unpaired) electrons. The first-order valence-corrected chi connectivity index (χ1v) is 35.5. The molecule has 0 amide bonds.